The van der Waals surface area contributed by atoms with Crippen molar-refractivity contribution in [2.75, 3.05) is 0 Å². The summed E-state index contributed by atoms with van der Waals surface area (Å²) in [6.07, 6.45) is 3.21. The molecule has 0 amide bonds. The van der Waals surface area contributed by atoms with Crippen LogP contribution in [-0.4, -0.2) is 17.4 Å². The smallest absolute Gasteiger partial charge is 0.303 e. The van der Waals surface area contributed by atoms with Gasteiger partial charge in [0.25, 0.3) is 0 Å². The van der Waals surface area contributed by atoms with Crippen LogP contribution in [0.2, 0.25) is 0 Å². The number of carbonyl (C=O) groups excluding carboxylic acids is 2. The summed E-state index contributed by atoms with van der Waals surface area (Å²) in [5.74, 6) is -0.0391. The Kier molecular flexibility index (Phi) is 3.32. The van der Waals surface area contributed by atoms with Gasteiger partial charge < -0.3 is 4.74 Å². The van der Waals surface area contributed by atoms with Crippen LogP contribution >= 0.6 is 0 Å². The molecule has 0 aromatic rings. The molecule has 0 fully saturated rings. The normalized spacial score (nSPS) is 22.3. The lowest BCUT2D eigenvalue weighted by atomic mass is 9.79. The number of ether oxygens (including phenoxy) is 1. The van der Waals surface area contributed by atoms with Gasteiger partial charge in [-0.1, -0.05) is 6.08 Å². The number of hydrogen-bond acceptors (Lipinski definition) is 3. The van der Waals surface area contributed by atoms with E-state index in [1.165, 1.54) is 6.92 Å². The van der Waals surface area contributed by atoms with Gasteiger partial charge in [-0.25, -0.2) is 0 Å². The first-order valence-electron chi connectivity index (χ1n) is 5.22. The number of carbonyl (C=O) groups is 2. The number of ketones is 1. The van der Waals surface area contributed by atoms with E-state index in [1.54, 1.807) is 0 Å². The van der Waals surface area contributed by atoms with Crippen molar-refractivity contribution >= 4 is 11.8 Å². The van der Waals surface area contributed by atoms with Crippen LogP contribution in [0.15, 0.2) is 11.6 Å². The fourth-order valence-electron chi connectivity index (χ4n) is 1.88. The number of allylic oxidation sites excluding steroid dienone is 2. The van der Waals surface area contributed by atoms with Gasteiger partial charge >= 0.3 is 5.97 Å². The molecule has 0 aliphatic heterocycles. The maximum atomic E-state index is 11.5. The van der Waals surface area contributed by atoms with Crippen LogP contribution in [0.25, 0.3) is 0 Å². The Balaban J connectivity index is 2.74. The summed E-state index contributed by atoms with van der Waals surface area (Å²) in [5.41, 5.74) is 0.267. The molecule has 1 unspecified atom stereocenters. The summed E-state index contributed by atoms with van der Waals surface area (Å²) in [6, 6.07) is 0. The average Bonchev–Trinajstić information content (AvgIpc) is 2.07. The Morgan fingerprint density at radius 3 is 2.60 bits per heavy atom. The van der Waals surface area contributed by atoms with E-state index < -0.39 is 5.60 Å². The summed E-state index contributed by atoms with van der Waals surface area (Å²) in [7, 11) is 0. The van der Waals surface area contributed by atoms with Crippen molar-refractivity contribution in [2.45, 2.75) is 46.1 Å². The van der Waals surface area contributed by atoms with Gasteiger partial charge in [0, 0.05) is 19.3 Å². The van der Waals surface area contributed by atoms with Crippen LogP contribution < -0.4 is 0 Å². The number of hydrogen-bond donors (Lipinski definition) is 0. The zero-order valence-electron chi connectivity index (χ0n) is 9.79. The van der Waals surface area contributed by atoms with Crippen molar-refractivity contribution in [1.29, 1.82) is 0 Å². The highest BCUT2D eigenvalue weighted by Crippen LogP contribution is 2.32. The second kappa shape index (κ2) is 4.17. The number of Topliss-reactive ketones (excluding diaryl/α,β-unsaturated/α-hetero) is 1. The predicted octanol–water partition coefficient (Wildman–Crippen LogP) is 2.25. The van der Waals surface area contributed by atoms with Gasteiger partial charge in [0.1, 0.15) is 5.60 Å². The molecule has 0 bridgehead atoms. The molecule has 0 radical (unpaired) electrons. The molecule has 1 aliphatic rings. The average molecular weight is 210 g/mol. The van der Waals surface area contributed by atoms with E-state index in [2.05, 4.69) is 0 Å². The molecule has 0 saturated heterocycles. The monoisotopic (exact) mass is 210 g/mol. The minimum absolute atomic E-state index is 0.0950. The van der Waals surface area contributed by atoms with Crippen LogP contribution in [0.1, 0.15) is 40.5 Å². The molecule has 3 heteroatoms. The van der Waals surface area contributed by atoms with Gasteiger partial charge in [-0.3, -0.25) is 9.59 Å². The van der Waals surface area contributed by atoms with Crippen molar-refractivity contribution in [3.8, 4) is 0 Å². The van der Waals surface area contributed by atoms with E-state index in [0.717, 1.165) is 12.0 Å². The van der Waals surface area contributed by atoms with Crippen molar-refractivity contribution < 1.29 is 14.3 Å². The lowest BCUT2D eigenvalue weighted by molar-refractivity contribution is -0.160. The first-order chi connectivity index (χ1) is 6.83. The van der Waals surface area contributed by atoms with Crippen LogP contribution in [0.4, 0.5) is 0 Å². The molecule has 0 N–H and O–H groups in total. The van der Waals surface area contributed by atoms with Crippen molar-refractivity contribution in [2.24, 2.45) is 5.92 Å². The Morgan fingerprint density at radius 2 is 2.13 bits per heavy atom. The van der Waals surface area contributed by atoms with Crippen LogP contribution in [0.5, 0.6) is 0 Å². The third-order valence-corrected chi connectivity index (χ3v) is 2.97. The Labute approximate surface area is 90.5 Å². The molecule has 1 aliphatic carbocycles. The van der Waals surface area contributed by atoms with Crippen molar-refractivity contribution in [1.82, 2.24) is 0 Å². The first-order valence-corrected chi connectivity index (χ1v) is 5.22. The second-order valence-electron chi connectivity index (χ2n) is 4.64. The number of rotatable bonds is 2. The molecule has 0 aromatic heterocycles. The number of esters is 1. The van der Waals surface area contributed by atoms with E-state index in [4.69, 9.17) is 4.74 Å². The second-order valence-corrected chi connectivity index (χ2v) is 4.64. The lowest BCUT2D eigenvalue weighted by Crippen LogP contribution is -2.38. The maximum Gasteiger partial charge on any atom is 0.303 e. The Morgan fingerprint density at radius 1 is 1.53 bits per heavy atom. The molecular formula is C12H18O3. The largest absolute Gasteiger partial charge is 0.460 e. The molecule has 0 heterocycles. The van der Waals surface area contributed by atoms with E-state index in [9.17, 15) is 9.59 Å². The third-order valence-electron chi connectivity index (χ3n) is 2.97. The van der Waals surface area contributed by atoms with E-state index >= 15 is 0 Å². The Bertz CT molecular complexity index is 313. The molecular weight excluding hydrogens is 192 g/mol. The first kappa shape index (κ1) is 12.0. The van der Waals surface area contributed by atoms with Gasteiger partial charge in [-0.2, -0.15) is 0 Å². The maximum absolute atomic E-state index is 11.5. The zero-order chi connectivity index (χ0) is 11.6. The minimum Gasteiger partial charge on any atom is -0.460 e. The molecule has 84 valence electrons. The fourth-order valence-corrected chi connectivity index (χ4v) is 1.88. The van der Waals surface area contributed by atoms with E-state index in [0.29, 0.717) is 6.42 Å². The highest BCUT2D eigenvalue weighted by Gasteiger charge is 2.35. The summed E-state index contributed by atoms with van der Waals surface area (Å²) in [5, 5.41) is 0. The van der Waals surface area contributed by atoms with Gasteiger partial charge in [-0.05, 0) is 32.8 Å². The molecule has 0 aromatic carbocycles. The summed E-state index contributed by atoms with van der Waals surface area (Å²) >= 11 is 0. The standard InChI is InChI=1S/C12H18O3/c1-8-5-6-10(7-11(8)14)12(3,4)15-9(2)13/h5,10H,6-7H2,1-4H3. The SMILES string of the molecule is CC(=O)OC(C)(C)C1CC=C(C)C(=O)C1. The van der Waals surface area contributed by atoms with Crippen molar-refractivity contribution in [3.05, 3.63) is 11.6 Å². The van der Waals surface area contributed by atoms with Crippen LogP contribution in [0.3, 0.4) is 0 Å². The molecule has 0 saturated carbocycles. The summed E-state index contributed by atoms with van der Waals surface area (Å²) < 4.78 is 5.24. The van der Waals surface area contributed by atoms with E-state index in [1.807, 2.05) is 26.8 Å². The van der Waals surface area contributed by atoms with Gasteiger partial charge in [-0.15, -0.1) is 0 Å². The summed E-state index contributed by atoms with van der Waals surface area (Å²) in [6.45, 7) is 6.95. The molecule has 1 atom stereocenters. The highest BCUT2D eigenvalue weighted by atomic mass is 16.6. The summed E-state index contributed by atoms with van der Waals surface area (Å²) in [4.78, 5) is 22.5. The molecule has 1 rings (SSSR count). The van der Waals surface area contributed by atoms with Gasteiger partial charge in [0.15, 0.2) is 5.78 Å². The molecule has 3 nitrogen and oxygen atoms in total. The highest BCUT2D eigenvalue weighted by molar-refractivity contribution is 5.95. The van der Waals surface area contributed by atoms with Crippen molar-refractivity contribution in [3.63, 3.8) is 0 Å². The lowest BCUT2D eigenvalue weighted by Gasteiger charge is -2.34. The van der Waals surface area contributed by atoms with Gasteiger partial charge in [0.2, 0.25) is 0 Å². The minimum atomic E-state index is -0.557. The van der Waals surface area contributed by atoms with E-state index in [-0.39, 0.29) is 17.7 Å². The molecule has 0 spiro atoms. The zero-order valence-corrected chi connectivity index (χ0v) is 9.79. The van der Waals surface area contributed by atoms with Gasteiger partial charge in [0.05, 0.1) is 0 Å². The Hall–Kier alpha value is -1.12. The topological polar surface area (TPSA) is 43.4 Å². The fraction of sp³-hybridized carbons (Fsp3) is 0.667. The molecule has 15 heavy (non-hydrogen) atoms. The third kappa shape index (κ3) is 2.91. The predicted molar refractivity (Wildman–Crippen MR) is 57.3 cm³/mol. The van der Waals surface area contributed by atoms with Crippen LogP contribution in [0, 0.1) is 5.92 Å². The van der Waals surface area contributed by atoms with Crippen LogP contribution in [-0.2, 0) is 14.3 Å². The quantitative estimate of drug-likeness (QED) is 0.656.